The van der Waals surface area contributed by atoms with E-state index in [0.29, 0.717) is 0 Å². The van der Waals surface area contributed by atoms with Crippen molar-refractivity contribution >= 4 is 5.91 Å². The number of hydrogen-bond donors (Lipinski definition) is 2. The van der Waals surface area contributed by atoms with E-state index in [9.17, 15) is 4.79 Å². The first kappa shape index (κ1) is 10.4. The zero-order valence-corrected chi connectivity index (χ0v) is 7.31. The largest absolute Gasteiger partial charge is 0.352 e. The average molecular weight is 160 g/mol. The molecule has 0 saturated heterocycles. The second-order valence-electron chi connectivity index (χ2n) is 2.40. The molecule has 4 nitrogen and oxygen atoms in total. The lowest BCUT2D eigenvalue weighted by Gasteiger charge is -2.10. The van der Waals surface area contributed by atoms with Gasteiger partial charge in [0.15, 0.2) is 0 Å². The molecule has 0 spiro atoms. The molecular weight excluding hydrogens is 144 g/mol. The Morgan fingerprint density at radius 1 is 1.64 bits per heavy atom. The maximum atomic E-state index is 10.9. The molecule has 0 bridgehead atoms. The summed E-state index contributed by atoms with van der Waals surface area (Å²) >= 11 is 0. The van der Waals surface area contributed by atoms with Crippen LogP contribution < -0.4 is 10.8 Å². The normalized spacial score (nSPS) is 12.6. The molecule has 0 heterocycles. The Hall–Kier alpha value is -0.610. The molecule has 1 amide bonds. The highest BCUT2D eigenvalue weighted by Crippen LogP contribution is 1.85. The third-order valence-corrected chi connectivity index (χ3v) is 1.40. The highest BCUT2D eigenvalue weighted by atomic mass is 16.6. The number of hydrogen-bond acceptors (Lipinski definition) is 3. The third kappa shape index (κ3) is 5.82. The zero-order chi connectivity index (χ0) is 8.69. The quantitative estimate of drug-likeness (QED) is 0.559. The van der Waals surface area contributed by atoms with Crippen molar-refractivity contribution in [3.63, 3.8) is 0 Å². The summed E-state index contributed by atoms with van der Waals surface area (Å²) in [6, 6.07) is 0.237. The molecule has 0 aromatic carbocycles. The molecule has 11 heavy (non-hydrogen) atoms. The minimum absolute atomic E-state index is 0.0406. The van der Waals surface area contributed by atoms with E-state index in [1.54, 1.807) is 0 Å². The van der Waals surface area contributed by atoms with Gasteiger partial charge in [-0.05, 0) is 13.3 Å². The van der Waals surface area contributed by atoms with Crippen molar-refractivity contribution in [1.82, 2.24) is 10.8 Å². The molecule has 0 saturated carbocycles. The Morgan fingerprint density at radius 3 is 2.73 bits per heavy atom. The first-order valence-electron chi connectivity index (χ1n) is 3.75. The lowest BCUT2D eigenvalue weighted by Crippen LogP contribution is -2.38. The smallest absolute Gasteiger partial charge is 0.236 e. The second-order valence-corrected chi connectivity index (χ2v) is 2.40. The Kier molecular flexibility index (Phi) is 5.78. The Morgan fingerprint density at radius 2 is 2.27 bits per heavy atom. The van der Waals surface area contributed by atoms with Gasteiger partial charge in [-0.3, -0.25) is 4.79 Å². The van der Waals surface area contributed by atoms with Gasteiger partial charge in [-0.1, -0.05) is 6.92 Å². The van der Waals surface area contributed by atoms with Gasteiger partial charge in [0, 0.05) is 6.04 Å². The van der Waals surface area contributed by atoms with Crippen molar-refractivity contribution < 1.29 is 9.63 Å². The molecule has 66 valence electrons. The molecule has 1 atom stereocenters. The van der Waals surface area contributed by atoms with Crippen LogP contribution in [0.3, 0.4) is 0 Å². The summed E-state index contributed by atoms with van der Waals surface area (Å²) in [5.41, 5.74) is 2.47. The van der Waals surface area contributed by atoms with Gasteiger partial charge >= 0.3 is 0 Å². The van der Waals surface area contributed by atoms with Crippen LogP contribution in [0.4, 0.5) is 0 Å². The van der Waals surface area contributed by atoms with E-state index in [0.717, 1.165) is 6.42 Å². The molecule has 1 unspecified atom stereocenters. The number of carbonyl (C=O) groups is 1. The standard InChI is InChI=1S/C7H16N2O2/c1-4-6(2)9-7(10)5-8-11-3/h6,8H,4-5H2,1-3H3,(H,9,10). The van der Waals surface area contributed by atoms with Crippen molar-refractivity contribution in [3.8, 4) is 0 Å². The van der Waals surface area contributed by atoms with E-state index >= 15 is 0 Å². The topological polar surface area (TPSA) is 50.4 Å². The van der Waals surface area contributed by atoms with Gasteiger partial charge < -0.3 is 10.2 Å². The molecule has 0 aliphatic heterocycles. The minimum Gasteiger partial charge on any atom is -0.352 e. The summed E-state index contributed by atoms with van der Waals surface area (Å²) in [7, 11) is 1.48. The fourth-order valence-electron chi connectivity index (χ4n) is 0.566. The summed E-state index contributed by atoms with van der Waals surface area (Å²) in [6.07, 6.45) is 0.943. The van der Waals surface area contributed by atoms with Gasteiger partial charge in [0.2, 0.25) is 5.91 Å². The van der Waals surface area contributed by atoms with Crippen LogP contribution >= 0.6 is 0 Å². The predicted octanol–water partition coefficient (Wildman–Crippen LogP) is 0.0521. The predicted molar refractivity (Wildman–Crippen MR) is 42.9 cm³/mol. The van der Waals surface area contributed by atoms with Gasteiger partial charge in [0.05, 0.1) is 13.7 Å². The summed E-state index contributed by atoms with van der Waals surface area (Å²) in [6.45, 7) is 4.19. The SMILES string of the molecule is CCC(C)NC(=O)CNOC. The lowest BCUT2D eigenvalue weighted by atomic mass is 10.2. The van der Waals surface area contributed by atoms with Crippen molar-refractivity contribution in [3.05, 3.63) is 0 Å². The van der Waals surface area contributed by atoms with Crippen LogP contribution in [0.2, 0.25) is 0 Å². The fourth-order valence-corrected chi connectivity index (χ4v) is 0.566. The van der Waals surface area contributed by atoms with Crippen molar-refractivity contribution in [2.45, 2.75) is 26.3 Å². The summed E-state index contributed by atoms with van der Waals surface area (Å²) < 4.78 is 0. The lowest BCUT2D eigenvalue weighted by molar-refractivity contribution is -0.122. The monoisotopic (exact) mass is 160 g/mol. The second kappa shape index (κ2) is 6.12. The Balaban J connectivity index is 3.36. The summed E-state index contributed by atoms with van der Waals surface area (Å²) in [5, 5.41) is 2.78. The molecule has 0 aromatic heterocycles. The van der Waals surface area contributed by atoms with Crippen LogP contribution in [0.1, 0.15) is 20.3 Å². The highest BCUT2D eigenvalue weighted by Gasteiger charge is 2.03. The van der Waals surface area contributed by atoms with Crippen LogP contribution in [0.25, 0.3) is 0 Å². The molecule has 0 rings (SSSR count). The van der Waals surface area contributed by atoms with Gasteiger partial charge in [-0.25, -0.2) is 0 Å². The van der Waals surface area contributed by atoms with Crippen molar-refractivity contribution in [2.75, 3.05) is 13.7 Å². The number of carbonyl (C=O) groups excluding carboxylic acids is 1. The maximum absolute atomic E-state index is 10.9. The molecule has 0 aliphatic rings. The summed E-state index contributed by atoms with van der Waals surface area (Å²) in [4.78, 5) is 15.4. The number of amides is 1. The fraction of sp³-hybridized carbons (Fsp3) is 0.857. The van der Waals surface area contributed by atoms with E-state index < -0.39 is 0 Å². The van der Waals surface area contributed by atoms with Gasteiger partial charge in [-0.2, -0.15) is 5.48 Å². The van der Waals surface area contributed by atoms with Crippen molar-refractivity contribution in [2.24, 2.45) is 0 Å². The van der Waals surface area contributed by atoms with Gasteiger partial charge in [0.25, 0.3) is 0 Å². The van der Waals surface area contributed by atoms with Gasteiger partial charge in [-0.15, -0.1) is 0 Å². The van der Waals surface area contributed by atoms with E-state index in [-0.39, 0.29) is 18.5 Å². The molecule has 0 fully saturated rings. The number of rotatable bonds is 5. The van der Waals surface area contributed by atoms with Crippen LogP contribution in [0.15, 0.2) is 0 Å². The number of nitrogens with one attached hydrogen (secondary N) is 2. The summed E-state index contributed by atoms with van der Waals surface area (Å²) in [5.74, 6) is -0.0406. The molecular formula is C7H16N2O2. The van der Waals surface area contributed by atoms with Crippen LogP contribution in [-0.4, -0.2) is 25.6 Å². The molecule has 0 radical (unpaired) electrons. The van der Waals surface area contributed by atoms with Crippen LogP contribution in [0, 0.1) is 0 Å². The average Bonchev–Trinajstić information content (AvgIpc) is 2.00. The van der Waals surface area contributed by atoms with Crippen LogP contribution in [-0.2, 0) is 9.63 Å². The Labute approximate surface area is 67.3 Å². The molecule has 0 aromatic rings. The van der Waals surface area contributed by atoms with E-state index in [4.69, 9.17) is 0 Å². The van der Waals surface area contributed by atoms with Crippen LogP contribution in [0.5, 0.6) is 0 Å². The first-order valence-corrected chi connectivity index (χ1v) is 3.75. The molecule has 4 heteroatoms. The van der Waals surface area contributed by atoms with E-state index in [1.807, 2.05) is 13.8 Å². The first-order chi connectivity index (χ1) is 5.20. The number of hydroxylamine groups is 1. The van der Waals surface area contributed by atoms with Gasteiger partial charge in [0.1, 0.15) is 0 Å². The molecule has 0 aliphatic carbocycles. The maximum Gasteiger partial charge on any atom is 0.236 e. The zero-order valence-electron chi connectivity index (χ0n) is 7.31. The van der Waals surface area contributed by atoms with Crippen molar-refractivity contribution in [1.29, 1.82) is 0 Å². The van der Waals surface area contributed by atoms with E-state index in [2.05, 4.69) is 15.6 Å². The molecule has 2 N–H and O–H groups in total. The highest BCUT2D eigenvalue weighted by molar-refractivity contribution is 5.78. The van der Waals surface area contributed by atoms with E-state index in [1.165, 1.54) is 7.11 Å². The minimum atomic E-state index is -0.0406. The third-order valence-electron chi connectivity index (χ3n) is 1.40. The Bertz CT molecular complexity index is 117.